The summed E-state index contributed by atoms with van der Waals surface area (Å²) >= 11 is 0. The number of hydrogen-bond acceptors (Lipinski definition) is 3. The lowest BCUT2D eigenvalue weighted by Crippen LogP contribution is -2.25. The Bertz CT molecular complexity index is 664. The van der Waals surface area contributed by atoms with Gasteiger partial charge in [-0.25, -0.2) is 13.6 Å². The van der Waals surface area contributed by atoms with Crippen molar-refractivity contribution in [1.82, 2.24) is 5.32 Å². The van der Waals surface area contributed by atoms with Crippen LogP contribution in [0.2, 0.25) is 0 Å². The summed E-state index contributed by atoms with van der Waals surface area (Å²) in [5, 5.41) is 8.52. The van der Waals surface area contributed by atoms with Gasteiger partial charge in [-0.05, 0) is 54.7 Å². The fourth-order valence-corrected chi connectivity index (χ4v) is 3.62. The second-order valence-electron chi connectivity index (χ2n) is 8.80. The van der Waals surface area contributed by atoms with Crippen molar-refractivity contribution in [1.29, 1.82) is 0 Å². The molecule has 0 spiro atoms. The Hall–Kier alpha value is -1.33. The predicted molar refractivity (Wildman–Crippen MR) is 126 cm³/mol. The summed E-state index contributed by atoms with van der Waals surface area (Å²) < 4.78 is 22.4. The van der Waals surface area contributed by atoms with Gasteiger partial charge in [-0.3, -0.25) is 0 Å². The van der Waals surface area contributed by atoms with E-state index in [9.17, 15) is 8.42 Å². The average molecular weight is 425 g/mol. The largest absolute Gasteiger partial charge is 0.388 e. The molecule has 5 heteroatoms. The zero-order valence-corrected chi connectivity index (χ0v) is 20.3. The van der Waals surface area contributed by atoms with E-state index in [1.54, 1.807) is 12.1 Å². The molecule has 4 nitrogen and oxygen atoms in total. The maximum atomic E-state index is 11.2. The molecule has 1 aromatic carbocycles. The topological polar surface area (TPSA) is 72.2 Å². The van der Waals surface area contributed by atoms with Gasteiger partial charge in [0.15, 0.2) is 0 Å². The van der Waals surface area contributed by atoms with Crippen LogP contribution in [0.4, 0.5) is 0 Å². The van der Waals surface area contributed by atoms with Gasteiger partial charge in [0.1, 0.15) is 0 Å². The zero-order valence-electron chi connectivity index (χ0n) is 19.5. The van der Waals surface area contributed by atoms with Gasteiger partial charge in [0.05, 0.1) is 4.90 Å². The summed E-state index contributed by atoms with van der Waals surface area (Å²) in [6.45, 7) is 18.1. The van der Waals surface area contributed by atoms with Crippen molar-refractivity contribution in [3.63, 3.8) is 0 Å². The van der Waals surface area contributed by atoms with E-state index in [0.29, 0.717) is 5.92 Å². The van der Waals surface area contributed by atoms with E-state index in [-0.39, 0.29) is 4.90 Å². The number of hydrogen-bond donors (Lipinski definition) is 2. The molecule has 1 aliphatic carbocycles. The quantitative estimate of drug-likeness (QED) is 0.598. The highest BCUT2D eigenvalue weighted by Gasteiger charge is 2.20. The number of allylic oxidation sites excluding steroid dienone is 1. The Labute approximate surface area is 180 Å². The van der Waals surface area contributed by atoms with Crippen LogP contribution >= 0.6 is 0 Å². The Balaban J connectivity index is 0.000000975. The lowest BCUT2D eigenvalue weighted by atomic mass is 9.81. The molecular weight excluding hydrogens is 380 g/mol. The molecule has 2 unspecified atom stereocenters. The molecule has 1 aromatic rings. The second kappa shape index (κ2) is 14.6. The van der Waals surface area contributed by atoms with Crippen LogP contribution in [0.15, 0.2) is 41.4 Å². The molecule has 1 saturated carbocycles. The number of nitrogens with two attached hydrogens (primary N) is 1. The number of primary sulfonamides is 1. The number of benzene rings is 1. The molecule has 1 fully saturated rings. The van der Waals surface area contributed by atoms with E-state index in [0.717, 1.165) is 36.1 Å². The van der Waals surface area contributed by atoms with Crippen molar-refractivity contribution in [3.8, 4) is 0 Å². The summed E-state index contributed by atoms with van der Waals surface area (Å²) in [5.74, 6) is 2.22. The standard InChI is InChI=1S/C17H26N2O2S.C4H10.C3H8/c1-13-4-3-5-16(12-13)14(2)19-11-10-15-6-8-17(9-7-15)22(18,20)21;1-4(2)3;1-3-2/h6-9,13,16,19H,2-5,10-12H2,1H3,(H2,18,20,21);4H,1-3H3;3H2,1-2H3. The van der Waals surface area contributed by atoms with Crippen LogP contribution in [0, 0.1) is 17.8 Å². The number of nitrogens with one attached hydrogen (secondary N) is 1. The summed E-state index contributed by atoms with van der Waals surface area (Å²) in [6.07, 6.45) is 7.18. The lowest BCUT2D eigenvalue weighted by molar-refractivity contribution is 0.305. The molecule has 0 aliphatic heterocycles. The van der Waals surface area contributed by atoms with Crippen molar-refractivity contribution in [2.75, 3.05) is 6.54 Å². The molecule has 0 amide bonds. The molecule has 168 valence electrons. The Morgan fingerprint density at radius 3 is 2.14 bits per heavy atom. The predicted octanol–water partition coefficient (Wildman–Crippen LogP) is 5.88. The maximum absolute atomic E-state index is 11.2. The average Bonchev–Trinajstić information content (AvgIpc) is 2.61. The van der Waals surface area contributed by atoms with E-state index in [1.165, 1.54) is 32.1 Å². The molecule has 3 N–H and O–H groups in total. The Kier molecular flexibility index (Phi) is 14.0. The molecule has 2 rings (SSSR count). The first-order chi connectivity index (χ1) is 13.5. The molecule has 1 aliphatic rings. The first-order valence-corrected chi connectivity index (χ1v) is 12.6. The summed E-state index contributed by atoms with van der Waals surface area (Å²) in [5.41, 5.74) is 2.23. The summed E-state index contributed by atoms with van der Waals surface area (Å²) in [4.78, 5) is 0.157. The second-order valence-corrected chi connectivity index (χ2v) is 10.4. The van der Waals surface area contributed by atoms with Gasteiger partial charge in [-0.15, -0.1) is 0 Å². The summed E-state index contributed by atoms with van der Waals surface area (Å²) in [6, 6.07) is 6.74. The Morgan fingerprint density at radius 1 is 1.17 bits per heavy atom. The third-order valence-corrected chi connectivity index (χ3v) is 5.38. The minimum absolute atomic E-state index is 0.157. The molecule has 29 heavy (non-hydrogen) atoms. The monoisotopic (exact) mass is 424 g/mol. The van der Waals surface area contributed by atoms with Gasteiger partial charge in [0, 0.05) is 12.2 Å². The Morgan fingerprint density at radius 2 is 1.69 bits per heavy atom. The number of sulfonamides is 1. The van der Waals surface area contributed by atoms with Gasteiger partial charge in [-0.1, -0.05) is 79.5 Å². The van der Waals surface area contributed by atoms with Gasteiger partial charge in [-0.2, -0.15) is 0 Å². The molecule has 0 bridgehead atoms. The van der Waals surface area contributed by atoms with Crippen molar-refractivity contribution < 1.29 is 8.42 Å². The van der Waals surface area contributed by atoms with Gasteiger partial charge in [0.25, 0.3) is 0 Å². The highest BCUT2D eigenvalue weighted by atomic mass is 32.2. The van der Waals surface area contributed by atoms with Gasteiger partial charge >= 0.3 is 0 Å². The van der Waals surface area contributed by atoms with Gasteiger partial charge in [0.2, 0.25) is 10.0 Å². The van der Waals surface area contributed by atoms with Crippen LogP contribution in [0.25, 0.3) is 0 Å². The fourth-order valence-electron chi connectivity index (χ4n) is 3.11. The van der Waals surface area contributed by atoms with Crippen LogP contribution in [0.5, 0.6) is 0 Å². The van der Waals surface area contributed by atoms with Crippen molar-refractivity contribution >= 4 is 10.0 Å². The first kappa shape index (κ1) is 27.7. The number of rotatable bonds is 6. The highest BCUT2D eigenvalue weighted by molar-refractivity contribution is 7.89. The normalized spacial score (nSPS) is 18.8. The lowest BCUT2D eigenvalue weighted by Gasteiger charge is -2.28. The van der Waals surface area contributed by atoms with Crippen LogP contribution in [0.3, 0.4) is 0 Å². The first-order valence-electron chi connectivity index (χ1n) is 11.1. The molecule has 0 radical (unpaired) electrons. The van der Waals surface area contributed by atoms with E-state index in [2.05, 4.69) is 53.4 Å². The molecule has 2 atom stereocenters. The molecule has 0 heterocycles. The van der Waals surface area contributed by atoms with E-state index in [1.807, 2.05) is 12.1 Å². The molecule has 0 aromatic heterocycles. The van der Waals surface area contributed by atoms with Crippen LogP contribution in [0.1, 0.15) is 79.2 Å². The van der Waals surface area contributed by atoms with Crippen molar-refractivity contribution in [2.24, 2.45) is 22.9 Å². The van der Waals surface area contributed by atoms with E-state index >= 15 is 0 Å². The van der Waals surface area contributed by atoms with Crippen LogP contribution in [-0.4, -0.2) is 15.0 Å². The van der Waals surface area contributed by atoms with Crippen LogP contribution < -0.4 is 10.5 Å². The van der Waals surface area contributed by atoms with E-state index in [4.69, 9.17) is 5.14 Å². The van der Waals surface area contributed by atoms with Crippen LogP contribution in [-0.2, 0) is 16.4 Å². The molecular formula is C24H44N2O2S. The maximum Gasteiger partial charge on any atom is 0.238 e. The van der Waals surface area contributed by atoms with E-state index < -0.39 is 10.0 Å². The third-order valence-electron chi connectivity index (χ3n) is 4.45. The smallest absolute Gasteiger partial charge is 0.238 e. The minimum Gasteiger partial charge on any atom is -0.388 e. The third kappa shape index (κ3) is 13.5. The van der Waals surface area contributed by atoms with Gasteiger partial charge < -0.3 is 5.32 Å². The van der Waals surface area contributed by atoms with Crippen molar-refractivity contribution in [3.05, 3.63) is 42.1 Å². The SMILES string of the molecule is C=C(NCCc1ccc(S(N)(=O)=O)cc1)C1CCCC(C)C1.CC(C)C.CCC. The fraction of sp³-hybridized carbons (Fsp3) is 0.667. The zero-order chi connectivity index (χ0) is 22.4. The highest BCUT2D eigenvalue weighted by Crippen LogP contribution is 2.31. The van der Waals surface area contributed by atoms with Crippen molar-refractivity contribution in [2.45, 2.75) is 85.0 Å². The molecule has 0 saturated heterocycles. The summed E-state index contributed by atoms with van der Waals surface area (Å²) in [7, 11) is -3.60. The minimum atomic E-state index is -3.60.